The Bertz CT molecular complexity index is 654. The molecule has 0 bridgehead atoms. The van der Waals surface area contributed by atoms with Crippen molar-refractivity contribution in [1.29, 1.82) is 0 Å². The molecule has 3 nitrogen and oxygen atoms in total. The Morgan fingerprint density at radius 2 is 1.93 bits per heavy atom. The number of benzene rings is 1. The second kappa shape index (κ2) is 14.7. The molecule has 28 heavy (non-hydrogen) atoms. The second-order valence-electron chi connectivity index (χ2n) is 7.42. The minimum atomic E-state index is -0.0178. The van der Waals surface area contributed by atoms with Crippen molar-refractivity contribution in [1.82, 2.24) is 5.32 Å². The van der Waals surface area contributed by atoms with Gasteiger partial charge in [-0.25, -0.2) is 0 Å². The Balaban J connectivity index is 2.05. The summed E-state index contributed by atoms with van der Waals surface area (Å²) in [4.78, 5) is 11.7. The molecule has 0 heterocycles. The minimum Gasteiger partial charge on any atom is -0.377 e. The van der Waals surface area contributed by atoms with Crippen molar-refractivity contribution in [3.63, 3.8) is 0 Å². The first-order valence-corrected chi connectivity index (χ1v) is 10.8. The number of hydrogen-bond donors (Lipinski definition) is 1. The number of ether oxygens (including phenoxy) is 1. The van der Waals surface area contributed by atoms with E-state index in [1.165, 1.54) is 6.42 Å². The van der Waals surface area contributed by atoms with Crippen molar-refractivity contribution >= 4 is 29.1 Å². The first-order chi connectivity index (χ1) is 13.4. The topological polar surface area (TPSA) is 38.3 Å². The van der Waals surface area contributed by atoms with Crippen molar-refractivity contribution in [3.05, 3.63) is 57.6 Å². The van der Waals surface area contributed by atoms with Crippen molar-refractivity contribution in [3.8, 4) is 0 Å². The molecule has 0 aliphatic rings. The van der Waals surface area contributed by atoms with Crippen molar-refractivity contribution in [2.45, 2.75) is 59.5 Å². The highest BCUT2D eigenvalue weighted by atomic mass is 35.5. The molecule has 0 unspecified atom stereocenters. The second-order valence-corrected chi connectivity index (χ2v) is 8.26. The third-order valence-electron chi connectivity index (χ3n) is 4.11. The molecule has 0 radical (unpaired) electrons. The van der Waals surface area contributed by atoms with E-state index in [0.29, 0.717) is 29.1 Å². The number of nitrogens with one attached hydrogen (secondary N) is 1. The molecule has 156 valence electrons. The van der Waals surface area contributed by atoms with Crippen LogP contribution in [0.2, 0.25) is 10.0 Å². The van der Waals surface area contributed by atoms with E-state index in [2.05, 4.69) is 25.2 Å². The number of carbonyl (C=O) groups excluding carboxylic acids is 1. The summed E-state index contributed by atoms with van der Waals surface area (Å²) in [5.41, 5.74) is 1.95. The molecule has 1 aromatic carbocycles. The molecule has 0 spiro atoms. The van der Waals surface area contributed by atoms with Crippen LogP contribution in [-0.4, -0.2) is 19.1 Å². The molecular weight excluding hydrogens is 393 g/mol. The molecule has 1 rings (SSSR count). The van der Waals surface area contributed by atoms with Gasteiger partial charge >= 0.3 is 0 Å². The summed E-state index contributed by atoms with van der Waals surface area (Å²) in [6, 6.07) is 5.47. The van der Waals surface area contributed by atoms with Crippen molar-refractivity contribution in [2.75, 3.05) is 13.2 Å². The fraction of sp³-hybridized carbons (Fsp3) is 0.522. The maximum absolute atomic E-state index is 11.7. The van der Waals surface area contributed by atoms with Crippen LogP contribution < -0.4 is 5.32 Å². The number of hydrogen-bond acceptors (Lipinski definition) is 2. The van der Waals surface area contributed by atoms with Crippen LogP contribution in [0.3, 0.4) is 0 Å². The van der Waals surface area contributed by atoms with E-state index in [1.807, 2.05) is 25.1 Å². The Hall–Kier alpha value is -1.29. The average Bonchev–Trinajstić information content (AvgIpc) is 2.63. The molecule has 0 saturated carbocycles. The van der Waals surface area contributed by atoms with Gasteiger partial charge in [-0.15, -0.1) is 0 Å². The number of amides is 1. The Morgan fingerprint density at radius 3 is 2.64 bits per heavy atom. The van der Waals surface area contributed by atoms with Gasteiger partial charge in [0.25, 0.3) is 0 Å². The van der Waals surface area contributed by atoms with E-state index in [1.54, 1.807) is 12.1 Å². The molecule has 0 fully saturated rings. The van der Waals surface area contributed by atoms with E-state index in [0.717, 1.165) is 43.4 Å². The molecule has 0 saturated heterocycles. The third kappa shape index (κ3) is 12.2. The highest BCUT2D eigenvalue weighted by Gasteiger charge is 2.01. The van der Waals surface area contributed by atoms with Crippen molar-refractivity contribution < 1.29 is 9.53 Å². The third-order valence-corrected chi connectivity index (χ3v) is 4.69. The maximum Gasteiger partial charge on any atom is 0.244 e. The molecule has 0 aliphatic carbocycles. The highest BCUT2D eigenvalue weighted by molar-refractivity contribution is 6.35. The Morgan fingerprint density at radius 1 is 1.18 bits per heavy atom. The van der Waals surface area contributed by atoms with Crippen molar-refractivity contribution in [2.24, 2.45) is 5.92 Å². The lowest BCUT2D eigenvalue weighted by atomic mass is 10.1. The van der Waals surface area contributed by atoms with Gasteiger partial charge in [0.2, 0.25) is 5.91 Å². The lowest BCUT2D eigenvalue weighted by molar-refractivity contribution is -0.116. The van der Waals surface area contributed by atoms with Gasteiger partial charge in [-0.1, -0.05) is 68.1 Å². The molecule has 0 aromatic heterocycles. The van der Waals surface area contributed by atoms with Crippen LogP contribution in [0, 0.1) is 5.92 Å². The standard InChI is InChI=1S/C23H33Cl2NO2/c1-18(2)16-26-23(27)14-19(3)10-8-6-4-5-7-9-13-28-17-20-11-12-21(24)15-22(20)25/h8,10-12,14-15,18H,4-7,9,13,16-17H2,1-3H3,(H,26,27). The molecule has 1 N–H and O–H groups in total. The molecular formula is C23H33Cl2NO2. The number of rotatable bonds is 13. The summed E-state index contributed by atoms with van der Waals surface area (Å²) >= 11 is 12.0. The van der Waals surface area contributed by atoms with E-state index < -0.39 is 0 Å². The lowest BCUT2D eigenvalue weighted by Crippen LogP contribution is -2.25. The predicted octanol–water partition coefficient (Wildman–Crippen LogP) is 6.74. The maximum atomic E-state index is 11.7. The lowest BCUT2D eigenvalue weighted by Gasteiger charge is -2.06. The zero-order valence-corrected chi connectivity index (χ0v) is 18.8. The minimum absolute atomic E-state index is 0.0178. The van der Waals surface area contributed by atoms with E-state index in [9.17, 15) is 4.79 Å². The molecule has 0 aliphatic heterocycles. The van der Waals surface area contributed by atoms with E-state index in [4.69, 9.17) is 27.9 Å². The van der Waals surface area contributed by atoms with Crippen LogP contribution in [0.25, 0.3) is 0 Å². The summed E-state index contributed by atoms with van der Waals surface area (Å²) in [6.07, 6.45) is 11.4. The fourth-order valence-electron chi connectivity index (χ4n) is 2.52. The monoisotopic (exact) mass is 425 g/mol. The summed E-state index contributed by atoms with van der Waals surface area (Å²) < 4.78 is 5.68. The van der Waals surface area contributed by atoms with Crippen LogP contribution in [0.5, 0.6) is 0 Å². The van der Waals surface area contributed by atoms with Gasteiger partial charge in [0.15, 0.2) is 0 Å². The summed E-state index contributed by atoms with van der Waals surface area (Å²) in [5.74, 6) is 0.449. The number of allylic oxidation sites excluding steroid dienone is 3. The van der Waals surface area contributed by atoms with E-state index in [-0.39, 0.29) is 5.91 Å². The summed E-state index contributed by atoms with van der Waals surface area (Å²) in [7, 11) is 0. The van der Waals surface area contributed by atoms with Crippen LogP contribution in [0.15, 0.2) is 42.0 Å². The van der Waals surface area contributed by atoms with Gasteiger partial charge in [0.05, 0.1) is 6.61 Å². The van der Waals surface area contributed by atoms with Gasteiger partial charge < -0.3 is 10.1 Å². The van der Waals surface area contributed by atoms with Gasteiger partial charge in [0, 0.05) is 29.3 Å². The van der Waals surface area contributed by atoms with Crippen LogP contribution in [0.4, 0.5) is 0 Å². The van der Waals surface area contributed by atoms with Crippen LogP contribution in [-0.2, 0) is 16.1 Å². The average molecular weight is 426 g/mol. The zero-order chi connectivity index (χ0) is 20.8. The quantitative estimate of drug-likeness (QED) is 0.216. The Labute approximate surface area is 180 Å². The van der Waals surface area contributed by atoms with E-state index >= 15 is 0 Å². The predicted molar refractivity (Wildman–Crippen MR) is 120 cm³/mol. The van der Waals surface area contributed by atoms with Gasteiger partial charge in [0.1, 0.15) is 0 Å². The van der Waals surface area contributed by atoms with Gasteiger partial charge in [-0.3, -0.25) is 4.79 Å². The van der Waals surface area contributed by atoms with Crippen LogP contribution >= 0.6 is 23.2 Å². The largest absolute Gasteiger partial charge is 0.377 e. The molecule has 0 atom stereocenters. The summed E-state index contributed by atoms with van der Waals surface area (Å²) in [6.45, 7) is 8.09. The number of carbonyl (C=O) groups is 1. The highest BCUT2D eigenvalue weighted by Crippen LogP contribution is 2.21. The van der Waals surface area contributed by atoms with Crippen LogP contribution in [0.1, 0.15) is 58.4 Å². The SMILES string of the molecule is CC(C=CCCCCCCOCc1ccc(Cl)cc1Cl)=CC(=O)NCC(C)C. The number of unbranched alkanes of at least 4 members (excludes halogenated alkanes) is 4. The molecule has 5 heteroatoms. The Kier molecular flexibility index (Phi) is 13.0. The number of halogens is 2. The summed E-state index contributed by atoms with van der Waals surface area (Å²) in [5, 5.41) is 4.18. The molecule has 1 aromatic rings. The normalized spacial score (nSPS) is 12.1. The first-order valence-electron chi connectivity index (χ1n) is 10.0. The zero-order valence-electron chi connectivity index (χ0n) is 17.3. The van der Waals surface area contributed by atoms with Gasteiger partial charge in [-0.2, -0.15) is 0 Å². The fourth-order valence-corrected chi connectivity index (χ4v) is 2.98. The van der Waals surface area contributed by atoms with Gasteiger partial charge in [-0.05, 0) is 55.4 Å². The first kappa shape index (κ1) is 24.7. The molecule has 1 amide bonds. The smallest absolute Gasteiger partial charge is 0.244 e.